The summed E-state index contributed by atoms with van der Waals surface area (Å²) in [5.41, 5.74) is 2.13. The van der Waals surface area contributed by atoms with Crippen LogP contribution in [0.4, 0.5) is 0 Å². The highest BCUT2D eigenvalue weighted by atomic mass is 35.5. The summed E-state index contributed by atoms with van der Waals surface area (Å²) in [6.07, 6.45) is 0. The predicted octanol–water partition coefficient (Wildman–Crippen LogP) is 1.90. The van der Waals surface area contributed by atoms with Crippen molar-refractivity contribution in [3.05, 3.63) is 16.4 Å². The van der Waals surface area contributed by atoms with E-state index in [2.05, 4.69) is 33.8 Å². The van der Waals surface area contributed by atoms with Gasteiger partial charge in [-0.3, -0.25) is 9.58 Å². The highest BCUT2D eigenvalue weighted by Crippen LogP contribution is 2.34. The Morgan fingerprint density at radius 3 is 2.89 bits per heavy atom. The molecule has 0 spiro atoms. The van der Waals surface area contributed by atoms with E-state index < -0.39 is 0 Å². The van der Waals surface area contributed by atoms with E-state index in [9.17, 15) is 0 Å². The number of aromatic nitrogens is 2. The van der Waals surface area contributed by atoms with E-state index in [1.165, 1.54) is 25.3 Å². The number of likely N-dealkylation sites (tertiary alicyclic amines) is 1. The number of fused-ring (bicyclic) bond motifs is 1. The molecule has 2 fully saturated rings. The molecule has 1 N–H and O–H groups in total. The topological polar surface area (TPSA) is 33.1 Å². The first-order chi connectivity index (χ1) is 9.11. The van der Waals surface area contributed by atoms with Gasteiger partial charge >= 0.3 is 0 Å². The minimum atomic E-state index is 0.636. The average molecular weight is 283 g/mol. The molecule has 0 aliphatic carbocycles. The lowest BCUT2D eigenvalue weighted by Gasteiger charge is -2.24. The third-order valence-electron chi connectivity index (χ3n) is 4.86. The maximum absolute atomic E-state index is 6.42. The fourth-order valence-electron chi connectivity index (χ4n) is 3.68. The molecule has 3 atom stereocenters. The molecule has 2 aliphatic rings. The van der Waals surface area contributed by atoms with E-state index in [4.69, 9.17) is 11.6 Å². The van der Waals surface area contributed by atoms with Crippen LogP contribution in [-0.2, 0) is 13.1 Å². The second-order valence-corrected chi connectivity index (χ2v) is 6.29. The van der Waals surface area contributed by atoms with Crippen LogP contribution < -0.4 is 5.32 Å². The molecule has 106 valence electrons. The predicted molar refractivity (Wildman–Crippen MR) is 77.4 cm³/mol. The van der Waals surface area contributed by atoms with E-state index in [1.807, 2.05) is 6.92 Å². The number of rotatable bonds is 3. The van der Waals surface area contributed by atoms with Gasteiger partial charge in [0.2, 0.25) is 0 Å². The Labute approximate surface area is 120 Å². The van der Waals surface area contributed by atoms with Gasteiger partial charge in [0.25, 0.3) is 0 Å². The summed E-state index contributed by atoms with van der Waals surface area (Å²) in [5.74, 6) is 1.62. The van der Waals surface area contributed by atoms with Crippen LogP contribution in [-0.4, -0.2) is 40.4 Å². The van der Waals surface area contributed by atoms with E-state index in [-0.39, 0.29) is 0 Å². The summed E-state index contributed by atoms with van der Waals surface area (Å²) in [6, 6.07) is 0.636. The van der Waals surface area contributed by atoms with Crippen molar-refractivity contribution in [2.45, 2.75) is 39.9 Å². The lowest BCUT2D eigenvalue weighted by molar-refractivity contribution is 0.225. The fraction of sp³-hybridized carbons (Fsp3) is 0.786. The first-order valence-corrected chi connectivity index (χ1v) is 7.66. The van der Waals surface area contributed by atoms with Crippen molar-refractivity contribution in [3.63, 3.8) is 0 Å². The standard InChI is InChI=1S/C14H23ClN4/c1-4-19-13(14(15)9(2)17-19)8-18-7-11-5-16-6-12(11)10(18)3/h10-12,16H,4-8H2,1-3H3. The van der Waals surface area contributed by atoms with Gasteiger partial charge in [0.1, 0.15) is 0 Å². The highest BCUT2D eigenvalue weighted by Gasteiger charge is 2.41. The molecule has 4 nitrogen and oxygen atoms in total. The molecule has 0 bridgehead atoms. The van der Waals surface area contributed by atoms with E-state index in [0.717, 1.165) is 35.6 Å². The molecule has 3 unspecified atom stereocenters. The number of nitrogens with zero attached hydrogens (tertiary/aromatic N) is 3. The Hall–Kier alpha value is -0.580. The minimum Gasteiger partial charge on any atom is -0.316 e. The molecule has 0 radical (unpaired) electrons. The van der Waals surface area contributed by atoms with Crippen molar-refractivity contribution in [1.29, 1.82) is 0 Å². The third kappa shape index (κ3) is 2.20. The summed E-state index contributed by atoms with van der Waals surface area (Å²) in [4.78, 5) is 2.57. The van der Waals surface area contributed by atoms with Crippen molar-refractivity contribution in [2.75, 3.05) is 19.6 Å². The quantitative estimate of drug-likeness (QED) is 0.919. The third-order valence-corrected chi connectivity index (χ3v) is 5.35. The molecule has 1 aromatic heterocycles. The fourth-order valence-corrected chi connectivity index (χ4v) is 3.87. The maximum atomic E-state index is 6.42. The molecule has 3 heterocycles. The maximum Gasteiger partial charge on any atom is 0.0860 e. The number of nitrogens with one attached hydrogen (secondary N) is 1. The molecule has 0 saturated carbocycles. The zero-order valence-corrected chi connectivity index (χ0v) is 12.7. The highest BCUT2D eigenvalue weighted by molar-refractivity contribution is 6.31. The van der Waals surface area contributed by atoms with E-state index in [0.29, 0.717) is 6.04 Å². The SMILES string of the molecule is CCn1nc(C)c(Cl)c1CN1CC2CNCC2C1C. The summed E-state index contributed by atoms with van der Waals surface area (Å²) in [7, 11) is 0. The summed E-state index contributed by atoms with van der Waals surface area (Å²) >= 11 is 6.42. The normalized spacial score (nSPS) is 31.1. The van der Waals surface area contributed by atoms with Crippen LogP contribution in [0.5, 0.6) is 0 Å². The molecule has 0 aromatic carbocycles. The molecular formula is C14H23ClN4. The van der Waals surface area contributed by atoms with Gasteiger partial charge in [-0.15, -0.1) is 0 Å². The van der Waals surface area contributed by atoms with Crippen LogP contribution in [0.1, 0.15) is 25.2 Å². The van der Waals surface area contributed by atoms with Crippen molar-refractivity contribution in [1.82, 2.24) is 20.0 Å². The molecule has 2 aliphatic heterocycles. The Morgan fingerprint density at radius 1 is 1.42 bits per heavy atom. The lowest BCUT2D eigenvalue weighted by atomic mass is 9.95. The van der Waals surface area contributed by atoms with Crippen molar-refractivity contribution >= 4 is 11.6 Å². The number of halogens is 1. The van der Waals surface area contributed by atoms with Crippen LogP contribution in [0.25, 0.3) is 0 Å². The monoisotopic (exact) mass is 282 g/mol. The van der Waals surface area contributed by atoms with Gasteiger partial charge in [-0.2, -0.15) is 5.10 Å². The van der Waals surface area contributed by atoms with E-state index in [1.54, 1.807) is 0 Å². The average Bonchev–Trinajstić information content (AvgIpc) is 3.03. The minimum absolute atomic E-state index is 0.636. The second kappa shape index (κ2) is 5.08. The van der Waals surface area contributed by atoms with Crippen molar-refractivity contribution < 1.29 is 0 Å². The molecule has 5 heteroatoms. The Bertz CT molecular complexity index is 470. The van der Waals surface area contributed by atoms with Gasteiger partial charge in [0.05, 0.1) is 16.4 Å². The van der Waals surface area contributed by atoms with E-state index >= 15 is 0 Å². The summed E-state index contributed by atoms with van der Waals surface area (Å²) in [6.45, 7) is 11.8. The number of hydrogen-bond acceptors (Lipinski definition) is 3. The Morgan fingerprint density at radius 2 is 2.21 bits per heavy atom. The van der Waals surface area contributed by atoms with Crippen molar-refractivity contribution in [2.24, 2.45) is 11.8 Å². The van der Waals surface area contributed by atoms with Crippen LogP contribution in [0, 0.1) is 18.8 Å². The number of hydrogen-bond donors (Lipinski definition) is 1. The van der Waals surface area contributed by atoms with Gasteiger partial charge in [0.15, 0.2) is 0 Å². The van der Waals surface area contributed by atoms with Gasteiger partial charge in [0, 0.05) is 25.7 Å². The van der Waals surface area contributed by atoms with Crippen LogP contribution in [0.2, 0.25) is 5.02 Å². The molecule has 3 rings (SSSR count). The van der Waals surface area contributed by atoms with Gasteiger partial charge in [-0.05, 0) is 45.7 Å². The Balaban J connectivity index is 1.79. The molecule has 0 amide bonds. The summed E-state index contributed by atoms with van der Waals surface area (Å²) < 4.78 is 2.05. The van der Waals surface area contributed by atoms with Gasteiger partial charge < -0.3 is 5.32 Å². The van der Waals surface area contributed by atoms with Crippen molar-refractivity contribution in [3.8, 4) is 0 Å². The van der Waals surface area contributed by atoms with Crippen LogP contribution in [0.3, 0.4) is 0 Å². The first kappa shape index (κ1) is 13.4. The van der Waals surface area contributed by atoms with Crippen LogP contribution >= 0.6 is 11.6 Å². The molecule has 2 saturated heterocycles. The lowest BCUT2D eigenvalue weighted by Crippen LogP contribution is -2.33. The second-order valence-electron chi connectivity index (χ2n) is 5.91. The molecule has 19 heavy (non-hydrogen) atoms. The van der Waals surface area contributed by atoms with Gasteiger partial charge in [-0.25, -0.2) is 0 Å². The smallest absolute Gasteiger partial charge is 0.0860 e. The Kier molecular flexibility index (Phi) is 3.58. The molecule has 1 aromatic rings. The van der Waals surface area contributed by atoms with Crippen LogP contribution in [0.15, 0.2) is 0 Å². The first-order valence-electron chi connectivity index (χ1n) is 7.28. The summed E-state index contributed by atoms with van der Waals surface area (Å²) in [5, 5.41) is 8.87. The zero-order chi connectivity index (χ0) is 13.6. The molecular weight excluding hydrogens is 260 g/mol. The largest absolute Gasteiger partial charge is 0.316 e. The van der Waals surface area contributed by atoms with Gasteiger partial charge in [-0.1, -0.05) is 11.6 Å². The zero-order valence-electron chi connectivity index (χ0n) is 12.0. The number of aryl methyl sites for hydroxylation is 2.